The molecule has 2 heterocycles. The quantitative estimate of drug-likeness (QED) is 0.761. The number of nitrogens with zero attached hydrogens (tertiary/aromatic N) is 4. The molecular formula is C12H16N4O3. The van der Waals surface area contributed by atoms with Crippen LogP contribution in [0.1, 0.15) is 32.1 Å². The maximum Gasteiger partial charge on any atom is 0.318 e. The van der Waals surface area contributed by atoms with E-state index in [2.05, 4.69) is 15.2 Å². The van der Waals surface area contributed by atoms with Gasteiger partial charge in [0.05, 0.1) is 18.4 Å². The zero-order chi connectivity index (χ0) is 13.8. The Morgan fingerprint density at radius 2 is 2.32 bits per heavy atom. The van der Waals surface area contributed by atoms with E-state index >= 15 is 0 Å². The van der Waals surface area contributed by atoms with Gasteiger partial charge in [-0.1, -0.05) is 12.1 Å². The number of ether oxygens (including phenoxy) is 1. The third-order valence-corrected chi connectivity index (χ3v) is 2.68. The van der Waals surface area contributed by atoms with E-state index in [1.807, 2.05) is 6.92 Å². The molecule has 102 valence electrons. The number of carbonyl (C=O) groups is 1. The molecule has 0 fully saturated rings. The van der Waals surface area contributed by atoms with Crippen molar-refractivity contribution in [3.8, 4) is 11.4 Å². The Bertz CT molecular complexity index is 561. The summed E-state index contributed by atoms with van der Waals surface area (Å²) in [6.07, 6.45) is 3.97. The van der Waals surface area contributed by atoms with Crippen LogP contribution in [-0.4, -0.2) is 32.5 Å². The van der Waals surface area contributed by atoms with Gasteiger partial charge < -0.3 is 9.26 Å². The van der Waals surface area contributed by atoms with E-state index in [0.717, 1.165) is 5.56 Å². The van der Waals surface area contributed by atoms with E-state index in [1.165, 1.54) is 0 Å². The Labute approximate surface area is 110 Å². The fourth-order valence-electron chi connectivity index (χ4n) is 1.72. The molecule has 19 heavy (non-hydrogen) atoms. The molecule has 0 amide bonds. The van der Waals surface area contributed by atoms with Gasteiger partial charge >= 0.3 is 5.97 Å². The number of aryl methyl sites for hydroxylation is 1. The van der Waals surface area contributed by atoms with Gasteiger partial charge in [0.15, 0.2) is 0 Å². The topological polar surface area (TPSA) is 83.0 Å². The normalized spacial score (nSPS) is 12.4. The smallest absolute Gasteiger partial charge is 0.318 e. The third kappa shape index (κ3) is 2.81. The second-order valence-electron chi connectivity index (χ2n) is 4.07. The molecule has 2 aromatic rings. The van der Waals surface area contributed by atoms with Gasteiger partial charge in [0, 0.05) is 13.2 Å². The fraction of sp³-hybridized carbons (Fsp3) is 0.500. The van der Waals surface area contributed by atoms with Crippen molar-refractivity contribution in [2.45, 2.75) is 26.2 Å². The van der Waals surface area contributed by atoms with Crippen molar-refractivity contribution in [1.29, 1.82) is 0 Å². The van der Waals surface area contributed by atoms with Crippen LogP contribution < -0.4 is 0 Å². The van der Waals surface area contributed by atoms with Crippen LogP contribution >= 0.6 is 0 Å². The molecule has 1 unspecified atom stereocenters. The van der Waals surface area contributed by atoms with Gasteiger partial charge in [-0.25, -0.2) is 0 Å². The van der Waals surface area contributed by atoms with Gasteiger partial charge in [-0.2, -0.15) is 10.1 Å². The fourth-order valence-corrected chi connectivity index (χ4v) is 1.72. The van der Waals surface area contributed by atoms with Gasteiger partial charge in [-0.05, 0) is 13.3 Å². The maximum absolute atomic E-state index is 11.8. The standard InChI is InChI=1S/C12H16N4O3/c1-4-9(12(17)18-5-2)11-14-10(15-19-11)8-6-13-16(3)7-8/h6-7,9H,4-5H2,1-3H3. The monoisotopic (exact) mass is 264 g/mol. The molecule has 2 aromatic heterocycles. The predicted octanol–water partition coefficient (Wildman–Crippen LogP) is 1.53. The average molecular weight is 264 g/mol. The van der Waals surface area contributed by atoms with Crippen LogP contribution in [0.2, 0.25) is 0 Å². The first-order chi connectivity index (χ1) is 9.15. The lowest BCUT2D eigenvalue weighted by atomic mass is 10.1. The first-order valence-electron chi connectivity index (χ1n) is 6.15. The van der Waals surface area contributed by atoms with Crippen LogP contribution in [0.25, 0.3) is 11.4 Å². The third-order valence-electron chi connectivity index (χ3n) is 2.68. The first kappa shape index (κ1) is 13.3. The van der Waals surface area contributed by atoms with Crippen molar-refractivity contribution < 1.29 is 14.1 Å². The van der Waals surface area contributed by atoms with Crippen molar-refractivity contribution in [2.24, 2.45) is 7.05 Å². The summed E-state index contributed by atoms with van der Waals surface area (Å²) in [5.74, 6) is -0.157. The highest BCUT2D eigenvalue weighted by Crippen LogP contribution is 2.22. The van der Waals surface area contributed by atoms with Crippen molar-refractivity contribution >= 4 is 5.97 Å². The molecule has 7 heteroatoms. The molecule has 0 bridgehead atoms. The van der Waals surface area contributed by atoms with Crippen LogP contribution in [0.3, 0.4) is 0 Å². The predicted molar refractivity (Wildman–Crippen MR) is 66.2 cm³/mol. The van der Waals surface area contributed by atoms with E-state index < -0.39 is 5.92 Å². The molecular weight excluding hydrogens is 248 g/mol. The van der Waals surface area contributed by atoms with E-state index in [9.17, 15) is 4.79 Å². The summed E-state index contributed by atoms with van der Waals surface area (Å²) < 4.78 is 11.8. The molecule has 0 saturated carbocycles. The maximum atomic E-state index is 11.8. The lowest BCUT2D eigenvalue weighted by Gasteiger charge is -2.08. The molecule has 0 radical (unpaired) electrons. The minimum atomic E-state index is -0.516. The van der Waals surface area contributed by atoms with Crippen LogP contribution in [-0.2, 0) is 16.6 Å². The number of hydrogen-bond donors (Lipinski definition) is 0. The van der Waals surface area contributed by atoms with Crippen LogP contribution in [0.5, 0.6) is 0 Å². The minimum Gasteiger partial charge on any atom is -0.465 e. The van der Waals surface area contributed by atoms with Gasteiger partial charge in [-0.15, -0.1) is 0 Å². The molecule has 0 aliphatic carbocycles. The largest absolute Gasteiger partial charge is 0.465 e. The summed E-state index contributed by atoms with van der Waals surface area (Å²) in [7, 11) is 1.80. The number of hydrogen-bond acceptors (Lipinski definition) is 6. The highest BCUT2D eigenvalue weighted by molar-refractivity contribution is 5.76. The summed E-state index contributed by atoms with van der Waals surface area (Å²) in [6.45, 7) is 3.97. The summed E-state index contributed by atoms with van der Waals surface area (Å²) >= 11 is 0. The molecule has 2 rings (SSSR count). The molecule has 0 aromatic carbocycles. The second kappa shape index (κ2) is 5.64. The number of carbonyl (C=O) groups excluding carboxylic acids is 1. The van der Waals surface area contributed by atoms with Crippen LogP contribution in [0.4, 0.5) is 0 Å². The van der Waals surface area contributed by atoms with E-state index in [4.69, 9.17) is 9.26 Å². The molecule has 0 spiro atoms. The second-order valence-corrected chi connectivity index (χ2v) is 4.07. The highest BCUT2D eigenvalue weighted by atomic mass is 16.5. The Morgan fingerprint density at radius 3 is 2.89 bits per heavy atom. The van der Waals surface area contributed by atoms with Gasteiger partial charge in [-0.3, -0.25) is 9.48 Å². The highest BCUT2D eigenvalue weighted by Gasteiger charge is 2.26. The molecule has 7 nitrogen and oxygen atoms in total. The molecule has 0 saturated heterocycles. The Hall–Kier alpha value is -2.18. The molecule has 1 atom stereocenters. The van der Waals surface area contributed by atoms with Crippen LogP contribution in [0.15, 0.2) is 16.9 Å². The SMILES string of the molecule is CCOC(=O)C(CC)c1nc(-c2cnn(C)c2)no1. The zero-order valence-electron chi connectivity index (χ0n) is 11.2. The van der Waals surface area contributed by atoms with Crippen molar-refractivity contribution in [3.05, 3.63) is 18.3 Å². The minimum absolute atomic E-state index is 0.278. The summed E-state index contributed by atoms with van der Waals surface area (Å²) in [4.78, 5) is 16.0. The van der Waals surface area contributed by atoms with Crippen molar-refractivity contribution in [2.75, 3.05) is 6.61 Å². The summed E-state index contributed by atoms with van der Waals surface area (Å²) in [5, 5.41) is 7.90. The van der Waals surface area contributed by atoms with Crippen molar-refractivity contribution in [1.82, 2.24) is 19.9 Å². The Kier molecular flexibility index (Phi) is 3.94. The molecule has 0 aliphatic heterocycles. The van der Waals surface area contributed by atoms with Crippen LogP contribution in [0, 0.1) is 0 Å². The summed E-state index contributed by atoms with van der Waals surface area (Å²) in [5.41, 5.74) is 0.746. The summed E-state index contributed by atoms with van der Waals surface area (Å²) in [6, 6.07) is 0. The number of esters is 1. The lowest BCUT2D eigenvalue weighted by Crippen LogP contribution is -2.15. The van der Waals surface area contributed by atoms with E-state index in [-0.39, 0.29) is 11.9 Å². The van der Waals surface area contributed by atoms with Crippen molar-refractivity contribution in [3.63, 3.8) is 0 Å². The average Bonchev–Trinajstić information content (AvgIpc) is 2.99. The van der Waals surface area contributed by atoms with Gasteiger partial charge in [0.1, 0.15) is 5.92 Å². The van der Waals surface area contributed by atoms with E-state index in [0.29, 0.717) is 18.9 Å². The lowest BCUT2D eigenvalue weighted by molar-refractivity contribution is -0.145. The van der Waals surface area contributed by atoms with E-state index in [1.54, 1.807) is 31.0 Å². The van der Waals surface area contributed by atoms with Gasteiger partial charge in [0.25, 0.3) is 0 Å². The Morgan fingerprint density at radius 1 is 1.53 bits per heavy atom. The number of aromatic nitrogens is 4. The molecule has 0 N–H and O–H groups in total. The Balaban J connectivity index is 2.22. The van der Waals surface area contributed by atoms with Gasteiger partial charge in [0.2, 0.25) is 11.7 Å². The number of rotatable bonds is 5. The zero-order valence-corrected chi connectivity index (χ0v) is 11.2. The first-order valence-corrected chi connectivity index (χ1v) is 6.15. The molecule has 0 aliphatic rings.